The van der Waals surface area contributed by atoms with Gasteiger partial charge in [0.2, 0.25) is 0 Å². The third-order valence-electron chi connectivity index (χ3n) is 4.56. The Labute approximate surface area is 117 Å². The van der Waals surface area contributed by atoms with Crippen molar-refractivity contribution in [1.29, 1.82) is 0 Å². The molecule has 2 atom stereocenters. The molecule has 1 heteroatoms. The Morgan fingerprint density at radius 3 is 2.58 bits per heavy atom. The van der Waals surface area contributed by atoms with Crippen molar-refractivity contribution >= 4 is 5.78 Å². The molecule has 0 radical (unpaired) electrons. The fourth-order valence-electron chi connectivity index (χ4n) is 3.79. The van der Waals surface area contributed by atoms with E-state index in [2.05, 4.69) is 45.0 Å². The molecule has 1 saturated carbocycles. The van der Waals surface area contributed by atoms with Crippen LogP contribution in [0.15, 0.2) is 30.3 Å². The summed E-state index contributed by atoms with van der Waals surface area (Å²) in [4.78, 5) is 12.4. The lowest BCUT2D eigenvalue weighted by molar-refractivity contribution is -0.130. The van der Waals surface area contributed by atoms with Gasteiger partial charge in [-0.15, -0.1) is 0 Å². The van der Waals surface area contributed by atoms with Gasteiger partial charge < -0.3 is 0 Å². The lowest BCUT2D eigenvalue weighted by atomic mass is 9.62. The predicted octanol–water partition coefficient (Wildman–Crippen LogP) is 4.65. The SMILES string of the molecule is CC(C)C[C@@]1(C)CCCC(=O)C1Cc1ccccc1. The first-order valence-electron chi connectivity index (χ1n) is 7.58. The summed E-state index contributed by atoms with van der Waals surface area (Å²) < 4.78 is 0. The molecule has 2 rings (SSSR count). The van der Waals surface area contributed by atoms with Gasteiger partial charge in [-0.1, -0.05) is 51.1 Å². The highest BCUT2D eigenvalue weighted by atomic mass is 16.1. The fraction of sp³-hybridized carbons (Fsp3) is 0.611. The number of carbonyl (C=O) groups excluding carboxylic acids is 1. The average Bonchev–Trinajstić information content (AvgIpc) is 2.34. The van der Waals surface area contributed by atoms with Crippen molar-refractivity contribution in [2.75, 3.05) is 0 Å². The van der Waals surface area contributed by atoms with E-state index in [1.807, 2.05) is 6.07 Å². The van der Waals surface area contributed by atoms with Gasteiger partial charge in [0, 0.05) is 12.3 Å². The number of ketones is 1. The van der Waals surface area contributed by atoms with E-state index >= 15 is 0 Å². The third-order valence-corrected chi connectivity index (χ3v) is 4.56. The van der Waals surface area contributed by atoms with Gasteiger partial charge in [-0.25, -0.2) is 0 Å². The highest BCUT2D eigenvalue weighted by molar-refractivity contribution is 5.82. The van der Waals surface area contributed by atoms with Crippen LogP contribution in [0, 0.1) is 17.3 Å². The molecule has 0 heterocycles. The zero-order valence-electron chi connectivity index (χ0n) is 12.5. The number of Topliss-reactive ketones (excluding diaryl/α,β-unsaturated/α-hetero) is 1. The summed E-state index contributed by atoms with van der Waals surface area (Å²) in [6.07, 6.45) is 5.14. The van der Waals surface area contributed by atoms with Gasteiger partial charge in [0.15, 0.2) is 0 Å². The van der Waals surface area contributed by atoms with E-state index in [4.69, 9.17) is 0 Å². The summed E-state index contributed by atoms with van der Waals surface area (Å²) in [5.74, 6) is 1.36. The molecule has 0 bridgehead atoms. The molecule has 0 aromatic heterocycles. The molecule has 1 nitrogen and oxygen atoms in total. The van der Waals surface area contributed by atoms with Gasteiger partial charge >= 0.3 is 0 Å². The van der Waals surface area contributed by atoms with Gasteiger partial charge in [-0.3, -0.25) is 4.79 Å². The van der Waals surface area contributed by atoms with Crippen molar-refractivity contribution in [1.82, 2.24) is 0 Å². The molecule has 0 saturated heterocycles. The maximum Gasteiger partial charge on any atom is 0.136 e. The van der Waals surface area contributed by atoms with Crippen molar-refractivity contribution < 1.29 is 4.79 Å². The van der Waals surface area contributed by atoms with Crippen LogP contribution in [0.1, 0.15) is 52.0 Å². The first-order valence-corrected chi connectivity index (χ1v) is 7.58. The molecule has 1 aromatic carbocycles. The minimum absolute atomic E-state index is 0.194. The molecule has 19 heavy (non-hydrogen) atoms. The molecular weight excluding hydrogens is 232 g/mol. The first kappa shape index (κ1) is 14.3. The van der Waals surface area contributed by atoms with Crippen LogP contribution in [0.25, 0.3) is 0 Å². The standard InChI is InChI=1S/C18H26O/c1-14(2)13-18(3)11-7-10-17(19)16(18)12-15-8-5-4-6-9-15/h4-6,8-9,14,16H,7,10-13H2,1-3H3/t16?,18-/m1/s1. The maximum absolute atomic E-state index is 12.4. The second-order valence-corrected chi connectivity index (χ2v) is 6.81. The Bertz CT molecular complexity index is 421. The molecule has 1 aromatic rings. The number of hydrogen-bond acceptors (Lipinski definition) is 1. The monoisotopic (exact) mass is 258 g/mol. The summed E-state index contributed by atoms with van der Waals surface area (Å²) in [7, 11) is 0. The number of carbonyl (C=O) groups is 1. The summed E-state index contributed by atoms with van der Waals surface area (Å²) in [6.45, 7) is 6.87. The van der Waals surface area contributed by atoms with E-state index in [-0.39, 0.29) is 11.3 Å². The van der Waals surface area contributed by atoms with Crippen LogP contribution in [-0.2, 0) is 11.2 Å². The molecule has 104 valence electrons. The topological polar surface area (TPSA) is 17.1 Å². The Kier molecular flexibility index (Phi) is 4.44. The second-order valence-electron chi connectivity index (χ2n) is 6.81. The summed E-state index contributed by atoms with van der Waals surface area (Å²) in [5.41, 5.74) is 1.50. The van der Waals surface area contributed by atoms with E-state index in [9.17, 15) is 4.79 Å². The van der Waals surface area contributed by atoms with Crippen molar-refractivity contribution in [3.05, 3.63) is 35.9 Å². The molecular formula is C18H26O. The van der Waals surface area contributed by atoms with Crippen molar-refractivity contribution in [3.8, 4) is 0 Å². The highest BCUT2D eigenvalue weighted by Gasteiger charge is 2.41. The number of benzene rings is 1. The summed E-state index contributed by atoms with van der Waals surface area (Å²) in [6, 6.07) is 10.5. The van der Waals surface area contributed by atoms with Gasteiger partial charge in [0.05, 0.1) is 0 Å². The maximum atomic E-state index is 12.4. The molecule has 0 aliphatic heterocycles. The first-order chi connectivity index (χ1) is 9.01. The molecule has 0 spiro atoms. The van der Waals surface area contributed by atoms with Crippen molar-refractivity contribution in [2.45, 2.75) is 52.9 Å². The van der Waals surface area contributed by atoms with Gasteiger partial charge in [-0.2, -0.15) is 0 Å². The van der Waals surface area contributed by atoms with Crippen LogP contribution in [0.3, 0.4) is 0 Å². The van der Waals surface area contributed by atoms with Crippen LogP contribution in [0.4, 0.5) is 0 Å². The lowest BCUT2D eigenvalue weighted by Gasteiger charge is -2.42. The Morgan fingerprint density at radius 1 is 1.26 bits per heavy atom. The molecule has 0 N–H and O–H groups in total. The molecule has 1 aliphatic carbocycles. The summed E-state index contributed by atoms with van der Waals surface area (Å²) >= 11 is 0. The number of hydrogen-bond donors (Lipinski definition) is 0. The average molecular weight is 258 g/mol. The summed E-state index contributed by atoms with van der Waals surface area (Å²) in [5, 5.41) is 0. The van der Waals surface area contributed by atoms with Crippen LogP contribution >= 0.6 is 0 Å². The van der Waals surface area contributed by atoms with E-state index < -0.39 is 0 Å². The highest BCUT2D eigenvalue weighted by Crippen LogP contribution is 2.45. The molecule has 1 fully saturated rings. The molecule has 1 aliphatic rings. The second kappa shape index (κ2) is 5.90. The van der Waals surface area contributed by atoms with Crippen molar-refractivity contribution in [2.24, 2.45) is 17.3 Å². The fourth-order valence-corrected chi connectivity index (χ4v) is 3.79. The molecule has 0 amide bonds. The largest absolute Gasteiger partial charge is 0.299 e. The molecule has 1 unspecified atom stereocenters. The van der Waals surface area contributed by atoms with Crippen LogP contribution in [-0.4, -0.2) is 5.78 Å². The van der Waals surface area contributed by atoms with Gasteiger partial charge in [0.1, 0.15) is 5.78 Å². The zero-order valence-corrected chi connectivity index (χ0v) is 12.5. The van der Waals surface area contributed by atoms with E-state index in [1.165, 1.54) is 12.0 Å². The Balaban J connectivity index is 2.19. The van der Waals surface area contributed by atoms with E-state index in [1.54, 1.807) is 0 Å². The lowest BCUT2D eigenvalue weighted by Crippen LogP contribution is -2.39. The van der Waals surface area contributed by atoms with Gasteiger partial charge in [-0.05, 0) is 42.6 Å². The van der Waals surface area contributed by atoms with Crippen LogP contribution in [0.2, 0.25) is 0 Å². The number of rotatable bonds is 4. The normalized spacial score (nSPS) is 27.8. The zero-order chi connectivity index (χ0) is 13.9. The quantitative estimate of drug-likeness (QED) is 0.768. The Morgan fingerprint density at radius 2 is 1.95 bits per heavy atom. The smallest absolute Gasteiger partial charge is 0.136 e. The minimum atomic E-state index is 0.194. The van der Waals surface area contributed by atoms with E-state index in [0.29, 0.717) is 11.7 Å². The van der Waals surface area contributed by atoms with Crippen LogP contribution < -0.4 is 0 Å². The predicted molar refractivity (Wildman–Crippen MR) is 80.1 cm³/mol. The van der Waals surface area contributed by atoms with E-state index in [0.717, 1.165) is 25.7 Å². The Hall–Kier alpha value is -1.11. The van der Waals surface area contributed by atoms with Gasteiger partial charge in [0.25, 0.3) is 0 Å². The minimum Gasteiger partial charge on any atom is -0.299 e. The third kappa shape index (κ3) is 3.46. The van der Waals surface area contributed by atoms with Crippen molar-refractivity contribution in [3.63, 3.8) is 0 Å². The van der Waals surface area contributed by atoms with Crippen LogP contribution in [0.5, 0.6) is 0 Å².